The predicted molar refractivity (Wildman–Crippen MR) is 86.4 cm³/mol. The van der Waals surface area contributed by atoms with Gasteiger partial charge in [-0.25, -0.2) is 0 Å². The maximum Gasteiger partial charge on any atom is 0.0555 e. The molecule has 0 amide bonds. The number of benzene rings is 1. The summed E-state index contributed by atoms with van der Waals surface area (Å²) >= 11 is 0. The Labute approximate surface area is 126 Å². The smallest absolute Gasteiger partial charge is 0.0555 e. The molecule has 3 nitrogen and oxygen atoms in total. The van der Waals surface area contributed by atoms with Gasteiger partial charge in [0.1, 0.15) is 0 Å². The molecule has 0 saturated heterocycles. The van der Waals surface area contributed by atoms with Crippen LogP contribution in [-0.4, -0.2) is 23.0 Å². The van der Waals surface area contributed by atoms with Crippen LogP contribution in [0.2, 0.25) is 0 Å². The van der Waals surface area contributed by atoms with Crippen LogP contribution in [0.25, 0.3) is 0 Å². The number of nitrogens with zero attached hydrogens (tertiary/aromatic N) is 2. The number of pyridine rings is 1. The van der Waals surface area contributed by atoms with Crippen LogP contribution in [0.1, 0.15) is 23.6 Å². The van der Waals surface area contributed by atoms with Gasteiger partial charge >= 0.3 is 0 Å². The summed E-state index contributed by atoms with van der Waals surface area (Å²) in [6.07, 6.45) is 3.67. The zero-order valence-electron chi connectivity index (χ0n) is 12.4. The van der Waals surface area contributed by atoms with Crippen molar-refractivity contribution in [2.24, 2.45) is 5.73 Å². The Morgan fingerprint density at radius 2 is 1.86 bits per heavy atom. The van der Waals surface area contributed by atoms with E-state index in [1.807, 2.05) is 18.5 Å². The summed E-state index contributed by atoms with van der Waals surface area (Å²) < 4.78 is 0. The topological polar surface area (TPSA) is 42.2 Å². The first kappa shape index (κ1) is 15.2. The fourth-order valence-electron chi connectivity index (χ4n) is 2.19. The molecule has 0 spiro atoms. The molecule has 1 aromatic heterocycles. The quantitative estimate of drug-likeness (QED) is 0.855. The minimum atomic E-state index is 0.392. The lowest BCUT2D eigenvalue weighted by molar-refractivity contribution is 0.271. The number of aromatic nitrogens is 1. The second-order valence-electron chi connectivity index (χ2n) is 4.82. The van der Waals surface area contributed by atoms with Crippen molar-refractivity contribution in [2.45, 2.75) is 20.0 Å². The Kier molecular flexibility index (Phi) is 5.96. The molecule has 0 unspecified atom stereocenters. The van der Waals surface area contributed by atoms with E-state index in [4.69, 9.17) is 5.73 Å². The lowest BCUT2D eigenvalue weighted by atomic mass is 10.1. The Hall–Kier alpha value is -2.15. The molecule has 0 aliphatic carbocycles. The number of hydrogen-bond acceptors (Lipinski definition) is 3. The zero-order chi connectivity index (χ0) is 14.9. The van der Waals surface area contributed by atoms with E-state index in [1.54, 1.807) is 0 Å². The molecule has 0 bridgehead atoms. The molecule has 0 radical (unpaired) electrons. The molecule has 0 saturated carbocycles. The third-order valence-corrected chi connectivity index (χ3v) is 3.34. The highest BCUT2D eigenvalue weighted by Crippen LogP contribution is 2.13. The lowest BCUT2D eigenvalue weighted by Crippen LogP contribution is -2.22. The van der Waals surface area contributed by atoms with E-state index in [0.717, 1.165) is 25.2 Å². The van der Waals surface area contributed by atoms with Crippen LogP contribution in [0.5, 0.6) is 0 Å². The van der Waals surface area contributed by atoms with Crippen molar-refractivity contribution in [3.63, 3.8) is 0 Å². The molecule has 1 heterocycles. The molecule has 2 N–H and O–H groups in total. The van der Waals surface area contributed by atoms with Crippen molar-refractivity contribution in [3.05, 3.63) is 65.5 Å². The first-order valence-electron chi connectivity index (χ1n) is 7.21. The van der Waals surface area contributed by atoms with Gasteiger partial charge < -0.3 is 5.73 Å². The van der Waals surface area contributed by atoms with Gasteiger partial charge in [0.15, 0.2) is 0 Å². The van der Waals surface area contributed by atoms with E-state index in [9.17, 15) is 0 Å². The largest absolute Gasteiger partial charge is 0.320 e. The maximum atomic E-state index is 5.47. The average Bonchev–Trinajstić information content (AvgIpc) is 2.54. The van der Waals surface area contributed by atoms with Crippen LogP contribution in [-0.2, 0) is 13.1 Å². The molecule has 2 rings (SSSR count). The second kappa shape index (κ2) is 8.21. The van der Waals surface area contributed by atoms with E-state index in [1.165, 1.54) is 11.1 Å². The van der Waals surface area contributed by atoms with Crippen LogP contribution < -0.4 is 5.73 Å². The summed E-state index contributed by atoms with van der Waals surface area (Å²) in [4.78, 5) is 6.45. The standard InChI is InChI=1S/C18H21N3/c1-2-21(14-16-9-12-20-13-10-16)15-18-7-4-3-6-17(18)8-5-11-19/h3-4,6-7,9-10,12-13H,2,11,14-15,19H2,1H3. The molecule has 0 aliphatic rings. The number of rotatable bonds is 5. The molecule has 3 heteroatoms. The summed E-state index contributed by atoms with van der Waals surface area (Å²) in [7, 11) is 0. The third-order valence-electron chi connectivity index (χ3n) is 3.34. The fraction of sp³-hybridized carbons (Fsp3) is 0.278. The van der Waals surface area contributed by atoms with Gasteiger partial charge in [-0.15, -0.1) is 0 Å². The summed E-state index contributed by atoms with van der Waals surface area (Å²) in [5.74, 6) is 6.09. The van der Waals surface area contributed by atoms with Gasteiger partial charge in [-0.05, 0) is 35.9 Å². The minimum absolute atomic E-state index is 0.392. The first-order chi connectivity index (χ1) is 10.3. The van der Waals surface area contributed by atoms with E-state index in [0.29, 0.717) is 6.54 Å². The van der Waals surface area contributed by atoms with Gasteiger partial charge in [-0.3, -0.25) is 9.88 Å². The fourth-order valence-corrected chi connectivity index (χ4v) is 2.19. The molecule has 0 fully saturated rings. The molecule has 0 atom stereocenters. The lowest BCUT2D eigenvalue weighted by Gasteiger charge is -2.21. The predicted octanol–water partition coefficient (Wildman–Crippen LogP) is 2.41. The number of hydrogen-bond donors (Lipinski definition) is 1. The van der Waals surface area contributed by atoms with Crippen molar-refractivity contribution in [1.82, 2.24) is 9.88 Å². The van der Waals surface area contributed by atoms with Gasteiger partial charge in [0.2, 0.25) is 0 Å². The van der Waals surface area contributed by atoms with Crippen molar-refractivity contribution in [3.8, 4) is 11.8 Å². The molecular formula is C18H21N3. The Morgan fingerprint density at radius 1 is 1.10 bits per heavy atom. The molecule has 1 aromatic carbocycles. The summed E-state index contributed by atoms with van der Waals surface area (Å²) in [5.41, 5.74) is 9.05. The normalized spacial score (nSPS) is 10.2. The SMILES string of the molecule is CCN(Cc1ccncc1)Cc1ccccc1C#CCN. The van der Waals surface area contributed by atoms with Crippen LogP contribution >= 0.6 is 0 Å². The third kappa shape index (κ3) is 4.71. The van der Waals surface area contributed by atoms with Crippen molar-refractivity contribution < 1.29 is 0 Å². The van der Waals surface area contributed by atoms with Gasteiger partial charge in [-0.2, -0.15) is 0 Å². The second-order valence-corrected chi connectivity index (χ2v) is 4.82. The first-order valence-corrected chi connectivity index (χ1v) is 7.21. The van der Waals surface area contributed by atoms with Gasteiger partial charge in [-0.1, -0.05) is 37.0 Å². The Morgan fingerprint density at radius 3 is 2.57 bits per heavy atom. The van der Waals surface area contributed by atoms with Crippen LogP contribution in [0.3, 0.4) is 0 Å². The highest BCUT2D eigenvalue weighted by Gasteiger charge is 2.07. The maximum absolute atomic E-state index is 5.47. The van der Waals surface area contributed by atoms with Crippen LogP contribution in [0.15, 0.2) is 48.8 Å². The Bertz CT molecular complexity index is 611. The molecule has 2 aromatic rings. The molecular weight excluding hydrogens is 258 g/mol. The highest BCUT2D eigenvalue weighted by molar-refractivity contribution is 5.41. The summed E-state index contributed by atoms with van der Waals surface area (Å²) in [6, 6.07) is 12.4. The number of nitrogens with two attached hydrogens (primary N) is 1. The monoisotopic (exact) mass is 279 g/mol. The van der Waals surface area contributed by atoms with E-state index >= 15 is 0 Å². The summed E-state index contributed by atoms with van der Waals surface area (Å²) in [5, 5.41) is 0. The van der Waals surface area contributed by atoms with Crippen molar-refractivity contribution in [2.75, 3.05) is 13.1 Å². The van der Waals surface area contributed by atoms with Crippen molar-refractivity contribution in [1.29, 1.82) is 0 Å². The Balaban J connectivity index is 2.11. The molecule has 0 aliphatic heterocycles. The van der Waals surface area contributed by atoms with Gasteiger partial charge in [0.25, 0.3) is 0 Å². The minimum Gasteiger partial charge on any atom is -0.320 e. The zero-order valence-corrected chi connectivity index (χ0v) is 12.4. The van der Waals surface area contributed by atoms with Gasteiger partial charge in [0.05, 0.1) is 6.54 Å². The van der Waals surface area contributed by atoms with E-state index in [2.05, 4.69) is 59.0 Å². The van der Waals surface area contributed by atoms with E-state index < -0.39 is 0 Å². The van der Waals surface area contributed by atoms with Crippen LogP contribution in [0.4, 0.5) is 0 Å². The average molecular weight is 279 g/mol. The van der Waals surface area contributed by atoms with Crippen molar-refractivity contribution >= 4 is 0 Å². The summed E-state index contributed by atoms with van der Waals surface area (Å²) in [6.45, 7) is 5.35. The molecule has 108 valence electrons. The van der Waals surface area contributed by atoms with Gasteiger partial charge in [0, 0.05) is 31.0 Å². The van der Waals surface area contributed by atoms with Crippen LogP contribution in [0, 0.1) is 11.8 Å². The highest BCUT2D eigenvalue weighted by atomic mass is 15.1. The van der Waals surface area contributed by atoms with E-state index in [-0.39, 0.29) is 0 Å². The molecule has 21 heavy (non-hydrogen) atoms.